The molecule has 1 unspecified atom stereocenters. The molecule has 1 aromatic heterocycles. The number of benzene rings is 2. The number of fused-ring (bicyclic) bond motifs is 5. The average Bonchev–Trinajstić information content (AvgIpc) is 3.23. The van der Waals surface area contributed by atoms with E-state index in [4.69, 9.17) is 0 Å². The lowest BCUT2D eigenvalue weighted by Gasteiger charge is -2.36. The van der Waals surface area contributed by atoms with E-state index < -0.39 is 0 Å². The first-order valence-corrected chi connectivity index (χ1v) is 10.2. The lowest BCUT2D eigenvalue weighted by atomic mass is 9.83. The molecule has 0 fully saturated rings. The maximum absolute atomic E-state index is 4.61. The normalized spacial score (nSPS) is 17.4. The maximum atomic E-state index is 4.61. The first-order chi connectivity index (χ1) is 13.7. The zero-order chi connectivity index (χ0) is 20.3. The molecule has 28 heavy (non-hydrogen) atoms. The van der Waals surface area contributed by atoms with Crippen molar-refractivity contribution < 1.29 is 0 Å². The van der Waals surface area contributed by atoms with Gasteiger partial charge in [0.05, 0.1) is 6.20 Å². The van der Waals surface area contributed by atoms with Gasteiger partial charge < -0.3 is 9.80 Å². The zero-order valence-corrected chi connectivity index (χ0v) is 17.7. The molecule has 0 saturated heterocycles. The van der Waals surface area contributed by atoms with E-state index in [0.717, 1.165) is 17.2 Å². The van der Waals surface area contributed by atoms with Crippen LogP contribution < -0.4 is 9.80 Å². The van der Waals surface area contributed by atoms with Gasteiger partial charge >= 0.3 is 0 Å². The van der Waals surface area contributed by atoms with Gasteiger partial charge in [0.1, 0.15) is 18.2 Å². The van der Waals surface area contributed by atoms with Gasteiger partial charge in [0.25, 0.3) is 0 Å². The minimum absolute atomic E-state index is 0.0346. The molecule has 0 amide bonds. The summed E-state index contributed by atoms with van der Waals surface area (Å²) in [6, 6.07) is 19.2. The Balaban J connectivity index is 0.000000531. The van der Waals surface area contributed by atoms with Gasteiger partial charge in [-0.2, -0.15) is 0 Å². The third-order valence-electron chi connectivity index (χ3n) is 5.19. The summed E-state index contributed by atoms with van der Waals surface area (Å²) in [5.74, 6) is 0.976. The first-order valence-electron chi connectivity index (χ1n) is 10.2. The highest BCUT2D eigenvalue weighted by Crippen LogP contribution is 2.57. The fraction of sp³-hybridized carbons (Fsp3) is 0.333. The van der Waals surface area contributed by atoms with Gasteiger partial charge in [0.2, 0.25) is 0 Å². The zero-order valence-electron chi connectivity index (χ0n) is 17.7. The summed E-state index contributed by atoms with van der Waals surface area (Å²) in [5, 5.41) is 0. The van der Waals surface area contributed by atoms with Gasteiger partial charge in [-0.3, -0.25) is 0 Å². The third-order valence-corrected chi connectivity index (χ3v) is 5.19. The fourth-order valence-corrected chi connectivity index (χ4v) is 4.16. The molecule has 0 N–H and O–H groups in total. The Labute approximate surface area is 168 Å². The molecule has 4 heteroatoms. The van der Waals surface area contributed by atoms with Gasteiger partial charge in [-0.15, -0.1) is 0 Å². The van der Waals surface area contributed by atoms with E-state index in [0.29, 0.717) is 0 Å². The lowest BCUT2D eigenvalue weighted by molar-refractivity contribution is 0.450. The second kappa shape index (κ2) is 8.01. The Morgan fingerprint density at radius 1 is 0.786 bits per heavy atom. The van der Waals surface area contributed by atoms with Crippen LogP contribution >= 0.6 is 0 Å². The Hall–Kier alpha value is -2.88. The summed E-state index contributed by atoms with van der Waals surface area (Å²) in [7, 11) is 0. The molecular weight excluding hydrogens is 344 g/mol. The predicted molar refractivity (Wildman–Crippen MR) is 119 cm³/mol. The SMILES string of the molecule is CC.CC.CC1(C)c2ccccc2N2c3cncnc3N(c3ccccc3)C21. The molecule has 146 valence electrons. The molecule has 3 aromatic rings. The van der Waals surface area contributed by atoms with Crippen molar-refractivity contribution >= 4 is 22.9 Å². The smallest absolute Gasteiger partial charge is 0.162 e. The summed E-state index contributed by atoms with van der Waals surface area (Å²) < 4.78 is 0. The van der Waals surface area contributed by atoms with Crippen LogP contribution in [0.1, 0.15) is 47.1 Å². The van der Waals surface area contributed by atoms with Gasteiger partial charge in [-0.25, -0.2) is 9.97 Å². The number of para-hydroxylation sites is 2. The second-order valence-electron chi connectivity index (χ2n) is 6.92. The topological polar surface area (TPSA) is 32.3 Å². The van der Waals surface area contributed by atoms with Crippen LogP contribution in [0, 0.1) is 0 Å². The fourth-order valence-electron chi connectivity index (χ4n) is 4.16. The van der Waals surface area contributed by atoms with Crippen LogP contribution in [0.5, 0.6) is 0 Å². The molecule has 0 bridgehead atoms. The monoisotopic (exact) mass is 374 g/mol. The van der Waals surface area contributed by atoms with Gasteiger partial charge in [-0.05, 0) is 23.8 Å². The number of nitrogens with zero attached hydrogens (tertiary/aromatic N) is 4. The van der Waals surface area contributed by atoms with Crippen molar-refractivity contribution in [2.75, 3.05) is 9.80 Å². The Morgan fingerprint density at radius 3 is 2.14 bits per heavy atom. The molecule has 2 aliphatic rings. The van der Waals surface area contributed by atoms with Crippen molar-refractivity contribution in [1.82, 2.24) is 9.97 Å². The number of anilines is 4. The van der Waals surface area contributed by atoms with Crippen molar-refractivity contribution in [3.8, 4) is 0 Å². The van der Waals surface area contributed by atoms with E-state index in [9.17, 15) is 0 Å². The summed E-state index contributed by atoms with van der Waals surface area (Å²) in [4.78, 5) is 13.6. The van der Waals surface area contributed by atoms with Crippen molar-refractivity contribution in [3.05, 3.63) is 72.7 Å². The molecule has 3 heterocycles. The van der Waals surface area contributed by atoms with Crippen LogP contribution in [-0.4, -0.2) is 16.1 Å². The van der Waals surface area contributed by atoms with Crippen molar-refractivity contribution in [2.24, 2.45) is 0 Å². The molecular formula is C24H30N4. The third kappa shape index (κ3) is 2.84. The number of hydrogen-bond donors (Lipinski definition) is 0. The molecule has 4 nitrogen and oxygen atoms in total. The largest absolute Gasteiger partial charge is 0.314 e. The van der Waals surface area contributed by atoms with E-state index in [1.54, 1.807) is 6.33 Å². The first kappa shape index (κ1) is 19.9. The standard InChI is InChI=1S/C20H18N4.2C2H6/c1-20(2)15-10-6-7-11-16(15)24-17-12-21-13-22-18(17)23(19(20)24)14-8-4-3-5-9-14;2*1-2/h3-13,19H,1-2H3;2*1-2H3. The van der Waals surface area contributed by atoms with Crippen LogP contribution in [0.2, 0.25) is 0 Å². The Kier molecular flexibility index (Phi) is 5.68. The minimum atomic E-state index is -0.0346. The lowest BCUT2D eigenvalue weighted by Crippen LogP contribution is -2.46. The average molecular weight is 375 g/mol. The minimum Gasteiger partial charge on any atom is -0.314 e. The van der Waals surface area contributed by atoms with Gasteiger partial charge in [0, 0.05) is 16.8 Å². The highest BCUT2D eigenvalue weighted by molar-refractivity contribution is 5.90. The van der Waals surface area contributed by atoms with Crippen LogP contribution in [0.4, 0.5) is 22.9 Å². The predicted octanol–water partition coefficient (Wildman–Crippen LogP) is 6.44. The number of aromatic nitrogens is 2. The van der Waals surface area contributed by atoms with E-state index in [-0.39, 0.29) is 11.6 Å². The quantitative estimate of drug-likeness (QED) is 0.491. The van der Waals surface area contributed by atoms with Gasteiger partial charge in [0.15, 0.2) is 5.82 Å². The number of hydrogen-bond acceptors (Lipinski definition) is 4. The van der Waals surface area contributed by atoms with Crippen LogP contribution in [0.25, 0.3) is 0 Å². The molecule has 5 rings (SSSR count). The van der Waals surface area contributed by atoms with Crippen LogP contribution in [0.3, 0.4) is 0 Å². The Morgan fingerprint density at radius 2 is 1.43 bits per heavy atom. The maximum Gasteiger partial charge on any atom is 0.162 e. The second-order valence-corrected chi connectivity index (χ2v) is 6.92. The van der Waals surface area contributed by atoms with Crippen LogP contribution in [0.15, 0.2) is 67.1 Å². The molecule has 2 aliphatic heterocycles. The highest BCUT2D eigenvalue weighted by Gasteiger charge is 2.54. The summed E-state index contributed by atoms with van der Waals surface area (Å²) >= 11 is 0. The molecule has 0 spiro atoms. The molecule has 2 aromatic carbocycles. The highest BCUT2D eigenvalue weighted by atomic mass is 15.5. The van der Waals surface area contributed by atoms with E-state index in [1.807, 2.05) is 40.0 Å². The van der Waals surface area contributed by atoms with Crippen LogP contribution in [-0.2, 0) is 5.41 Å². The van der Waals surface area contributed by atoms with Crippen molar-refractivity contribution in [1.29, 1.82) is 0 Å². The number of rotatable bonds is 1. The van der Waals surface area contributed by atoms with E-state index in [2.05, 4.69) is 82.1 Å². The summed E-state index contributed by atoms with van der Waals surface area (Å²) in [6.07, 6.45) is 3.72. The van der Waals surface area contributed by atoms with E-state index >= 15 is 0 Å². The van der Waals surface area contributed by atoms with E-state index in [1.165, 1.54) is 11.3 Å². The molecule has 0 radical (unpaired) electrons. The summed E-state index contributed by atoms with van der Waals surface area (Å²) in [6.45, 7) is 12.6. The van der Waals surface area contributed by atoms with Gasteiger partial charge in [-0.1, -0.05) is 77.9 Å². The Bertz CT molecular complexity index is 906. The van der Waals surface area contributed by atoms with Crippen molar-refractivity contribution in [2.45, 2.75) is 53.1 Å². The molecule has 1 atom stereocenters. The molecule has 0 saturated carbocycles. The molecule has 0 aliphatic carbocycles. The van der Waals surface area contributed by atoms with Crippen molar-refractivity contribution in [3.63, 3.8) is 0 Å². The summed E-state index contributed by atoms with van der Waals surface area (Å²) in [5.41, 5.74) is 4.82.